The van der Waals surface area contributed by atoms with E-state index in [4.69, 9.17) is 27.5 Å². The van der Waals surface area contributed by atoms with E-state index in [1.165, 1.54) is 12.8 Å². The molecule has 5 heteroatoms. The fourth-order valence-corrected chi connectivity index (χ4v) is 2.29. The zero-order valence-electron chi connectivity index (χ0n) is 10.3. The van der Waals surface area contributed by atoms with Crippen molar-refractivity contribution in [1.82, 2.24) is 4.90 Å². The van der Waals surface area contributed by atoms with Gasteiger partial charge in [-0.25, -0.2) is 0 Å². The number of amidine groups is 1. The van der Waals surface area contributed by atoms with Crippen molar-refractivity contribution in [3.05, 3.63) is 28.8 Å². The number of nitrogens with one attached hydrogen (secondary N) is 1. The predicted molar refractivity (Wildman–Crippen MR) is 73.6 cm³/mol. The van der Waals surface area contributed by atoms with Crippen molar-refractivity contribution in [2.45, 2.75) is 12.8 Å². The van der Waals surface area contributed by atoms with Gasteiger partial charge in [0.25, 0.3) is 0 Å². The quantitative estimate of drug-likeness (QED) is 0.634. The molecule has 4 nitrogen and oxygen atoms in total. The van der Waals surface area contributed by atoms with Gasteiger partial charge < -0.3 is 10.5 Å². The number of nitrogens with zero attached hydrogens (tertiary/aromatic N) is 1. The molecule has 1 aliphatic rings. The first kappa shape index (κ1) is 13.2. The first-order valence-electron chi connectivity index (χ1n) is 6.16. The number of hydrogen-bond acceptors (Lipinski definition) is 3. The maximum absolute atomic E-state index is 7.49. The van der Waals surface area contributed by atoms with E-state index in [1.54, 1.807) is 18.2 Å². The molecule has 0 aromatic heterocycles. The summed E-state index contributed by atoms with van der Waals surface area (Å²) in [5.74, 6) is 0.594. The Bertz CT molecular complexity index is 430. The molecule has 0 bridgehead atoms. The largest absolute Gasteiger partial charge is 0.491 e. The van der Waals surface area contributed by atoms with Gasteiger partial charge in [-0.3, -0.25) is 10.3 Å². The van der Waals surface area contributed by atoms with E-state index in [0.717, 1.165) is 19.6 Å². The maximum Gasteiger partial charge on any atom is 0.131 e. The van der Waals surface area contributed by atoms with Crippen LogP contribution in [0.25, 0.3) is 0 Å². The van der Waals surface area contributed by atoms with Crippen molar-refractivity contribution < 1.29 is 4.74 Å². The lowest BCUT2D eigenvalue weighted by Crippen LogP contribution is -2.25. The molecule has 0 radical (unpaired) electrons. The highest BCUT2D eigenvalue weighted by Gasteiger charge is 2.12. The number of nitrogen functional groups attached to an aromatic ring is 1. The van der Waals surface area contributed by atoms with E-state index in [-0.39, 0.29) is 5.84 Å². The van der Waals surface area contributed by atoms with E-state index in [2.05, 4.69) is 4.90 Å². The minimum absolute atomic E-state index is 0.00263. The first-order chi connectivity index (χ1) is 8.66. The van der Waals surface area contributed by atoms with Crippen LogP contribution in [-0.4, -0.2) is 37.0 Å². The van der Waals surface area contributed by atoms with Gasteiger partial charge in [0.15, 0.2) is 0 Å². The van der Waals surface area contributed by atoms with E-state index in [1.807, 2.05) is 0 Å². The Morgan fingerprint density at radius 1 is 1.39 bits per heavy atom. The molecular weight excluding hydrogens is 250 g/mol. The Kier molecular flexibility index (Phi) is 4.44. The summed E-state index contributed by atoms with van der Waals surface area (Å²) in [7, 11) is 0. The summed E-state index contributed by atoms with van der Waals surface area (Å²) in [6.07, 6.45) is 2.55. The van der Waals surface area contributed by atoms with Crippen molar-refractivity contribution >= 4 is 17.4 Å². The number of ether oxygens (including phenoxy) is 1. The Morgan fingerprint density at radius 3 is 2.78 bits per heavy atom. The van der Waals surface area contributed by atoms with Crippen LogP contribution >= 0.6 is 11.6 Å². The van der Waals surface area contributed by atoms with Gasteiger partial charge in [0, 0.05) is 11.6 Å². The second kappa shape index (κ2) is 6.07. The number of benzene rings is 1. The summed E-state index contributed by atoms with van der Waals surface area (Å²) in [5.41, 5.74) is 6.11. The summed E-state index contributed by atoms with van der Waals surface area (Å²) >= 11 is 5.93. The van der Waals surface area contributed by atoms with Crippen molar-refractivity contribution in [2.75, 3.05) is 26.2 Å². The second-order valence-electron chi connectivity index (χ2n) is 4.45. The zero-order chi connectivity index (χ0) is 13.0. The highest BCUT2D eigenvalue weighted by atomic mass is 35.5. The average molecular weight is 268 g/mol. The standard InChI is InChI=1S/C13H18ClN3O/c14-10-3-4-11(13(15)16)12(9-10)18-8-7-17-5-1-2-6-17/h3-4,9H,1-2,5-8H2,(H3,15,16). The minimum Gasteiger partial charge on any atom is -0.491 e. The van der Waals surface area contributed by atoms with E-state index in [0.29, 0.717) is 22.9 Å². The monoisotopic (exact) mass is 267 g/mol. The molecule has 3 N–H and O–H groups in total. The molecule has 2 rings (SSSR count). The fourth-order valence-electron chi connectivity index (χ4n) is 2.13. The summed E-state index contributed by atoms with van der Waals surface area (Å²) < 4.78 is 5.69. The van der Waals surface area contributed by atoms with Gasteiger partial charge >= 0.3 is 0 Å². The minimum atomic E-state index is 0.00263. The first-order valence-corrected chi connectivity index (χ1v) is 6.54. The van der Waals surface area contributed by atoms with Crippen molar-refractivity contribution in [2.24, 2.45) is 5.73 Å². The lowest BCUT2D eigenvalue weighted by Gasteiger charge is -2.16. The van der Waals surface area contributed by atoms with Crippen molar-refractivity contribution in [3.63, 3.8) is 0 Å². The zero-order valence-corrected chi connectivity index (χ0v) is 11.0. The molecular formula is C13H18ClN3O. The summed E-state index contributed by atoms with van der Waals surface area (Å²) in [5, 5.41) is 8.09. The molecule has 0 amide bonds. The van der Waals surface area contributed by atoms with Gasteiger partial charge in [-0.2, -0.15) is 0 Å². The molecule has 1 fully saturated rings. The summed E-state index contributed by atoms with van der Waals surface area (Å²) in [6, 6.07) is 5.14. The third kappa shape index (κ3) is 3.37. The van der Waals surface area contributed by atoms with Gasteiger partial charge in [-0.15, -0.1) is 0 Å². The molecule has 1 saturated heterocycles. The third-order valence-corrected chi connectivity index (χ3v) is 3.33. The second-order valence-corrected chi connectivity index (χ2v) is 4.89. The number of halogens is 1. The van der Waals surface area contributed by atoms with Gasteiger partial charge in [-0.1, -0.05) is 11.6 Å². The number of nitrogens with two attached hydrogens (primary N) is 1. The van der Waals surface area contributed by atoms with Crippen LogP contribution in [0.2, 0.25) is 5.02 Å². The van der Waals surface area contributed by atoms with Crippen LogP contribution in [0, 0.1) is 5.41 Å². The Labute approximate surface area is 112 Å². The Morgan fingerprint density at radius 2 is 2.11 bits per heavy atom. The molecule has 0 atom stereocenters. The molecule has 0 saturated carbocycles. The van der Waals surface area contributed by atoms with Crippen LogP contribution in [0.5, 0.6) is 5.75 Å². The van der Waals surface area contributed by atoms with Gasteiger partial charge in [-0.05, 0) is 44.1 Å². The third-order valence-electron chi connectivity index (χ3n) is 3.10. The van der Waals surface area contributed by atoms with E-state index < -0.39 is 0 Å². The number of rotatable bonds is 5. The molecule has 0 unspecified atom stereocenters. The molecule has 1 aromatic carbocycles. The van der Waals surface area contributed by atoms with E-state index >= 15 is 0 Å². The van der Waals surface area contributed by atoms with Crippen molar-refractivity contribution in [3.8, 4) is 5.75 Å². The van der Waals surface area contributed by atoms with Crippen LogP contribution in [0.4, 0.5) is 0 Å². The SMILES string of the molecule is N=C(N)c1ccc(Cl)cc1OCCN1CCCC1. The maximum atomic E-state index is 7.49. The molecule has 98 valence electrons. The topological polar surface area (TPSA) is 62.3 Å². The lowest BCUT2D eigenvalue weighted by atomic mass is 10.2. The Balaban J connectivity index is 1.94. The average Bonchev–Trinajstić information content (AvgIpc) is 2.82. The van der Waals surface area contributed by atoms with Crippen LogP contribution in [-0.2, 0) is 0 Å². The predicted octanol–water partition coefficient (Wildman–Crippen LogP) is 2.10. The van der Waals surface area contributed by atoms with Crippen LogP contribution in [0.3, 0.4) is 0 Å². The molecule has 0 aliphatic carbocycles. The van der Waals surface area contributed by atoms with Crippen LogP contribution in [0.15, 0.2) is 18.2 Å². The lowest BCUT2D eigenvalue weighted by molar-refractivity contribution is 0.237. The highest BCUT2D eigenvalue weighted by molar-refractivity contribution is 6.30. The number of likely N-dealkylation sites (tertiary alicyclic amines) is 1. The highest BCUT2D eigenvalue weighted by Crippen LogP contribution is 2.23. The van der Waals surface area contributed by atoms with Crippen LogP contribution in [0.1, 0.15) is 18.4 Å². The van der Waals surface area contributed by atoms with Crippen LogP contribution < -0.4 is 10.5 Å². The molecule has 1 aromatic rings. The molecule has 18 heavy (non-hydrogen) atoms. The molecule has 1 aliphatic heterocycles. The van der Waals surface area contributed by atoms with Crippen molar-refractivity contribution in [1.29, 1.82) is 5.41 Å². The van der Waals surface area contributed by atoms with E-state index in [9.17, 15) is 0 Å². The Hall–Kier alpha value is -1.26. The number of hydrogen-bond donors (Lipinski definition) is 2. The molecule has 1 heterocycles. The molecule has 0 spiro atoms. The normalized spacial score (nSPS) is 15.8. The summed E-state index contributed by atoms with van der Waals surface area (Å²) in [4.78, 5) is 2.37. The van der Waals surface area contributed by atoms with Gasteiger partial charge in [0.1, 0.15) is 18.2 Å². The van der Waals surface area contributed by atoms with Gasteiger partial charge in [0.05, 0.1) is 5.56 Å². The van der Waals surface area contributed by atoms with Gasteiger partial charge in [0.2, 0.25) is 0 Å². The summed E-state index contributed by atoms with van der Waals surface area (Å²) in [6.45, 7) is 3.81. The fraction of sp³-hybridized carbons (Fsp3) is 0.462. The smallest absolute Gasteiger partial charge is 0.131 e.